The molecule has 2 heterocycles. The molecule has 0 bridgehead atoms. The van der Waals surface area contributed by atoms with E-state index in [2.05, 4.69) is 13.8 Å². The Morgan fingerprint density at radius 3 is 1.70 bits per heavy atom. The Morgan fingerprint density at radius 1 is 0.900 bits per heavy atom. The quantitative estimate of drug-likeness (QED) is 0.503. The molecule has 2 rings (SSSR count). The highest BCUT2D eigenvalue weighted by molar-refractivity contribution is 4.90. The van der Waals surface area contributed by atoms with Crippen LogP contribution in [0.25, 0.3) is 0 Å². The van der Waals surface area contributed by atoms with Gasteiger partial charge in [0.15, 0.2) is 0 Å². The van der Waals surface area contributed by atoms with E-state index in [-0.39, 0.29) is 0 Å². The third-order valence-corrected chi connectivity index (χ3v) is 2.55. The van der Waals surface area contributed by atoms with Gasteiger partial charge in [-0.05, 0) is 0 Å². The Kier molecular flexibility index (Phi) is 1.46. The summed E-state index contributed by atoms with van der Waals surface area (Å²) in [6.07, 6.45) is 0.796. The largest absolute Gasteiger partial charge is 0.375 e. The normalized spacial score (nSPS) is 53.4. The predicted octanol–water partition coefficient (Wildman–Crippen LogP) is 1.06. The number of rotatable bonds is 0. The molecule has 0 aromatic rings. The average Bonchev–Trinajstić information content (AvgIpc) is 2.41. The van der Waals surface area contributed by atoms with Crippen molar-refractivity contribution in [3.05, 3.63) is 0 Å². The number of fused-ring (bicyclic) bond motifs is 1. The monoisotopic (exact) mass is 142 g/mol. The second-order valence-corrected chi connectivity index (χ2v) is 3.55. The first-order valence-corrected chi connectivity index (χ1v) is 4.02. The van der Waals surface area contributed by atoms with Gasteiger partial charge in [0.1, 0.15) is 0 Å². The molecule has 0 amide bonds. The minimum absolute atomic E-state index is 0.398. The van der Waals surface area contributed by atoms with E-state index in [0.717, 1.165) is 13.2 Å². The standard InChI is InChI=1S/C8H14O2/c1-5-3-9-8-6(2)4-10-7(5)8/h5-8H,3-4H2,1-2H3/t5-,6?,7?,8?/m0/s1. The van der Waals surface area contributed by atoms with Gasteiger partial charge >= 0.3 is 0 Å². The zero-order valence-corrected chi connectivity index (χ0v) is 6.54. The summed E-state index contributed by atoms with van der Waals surface area (Å²) in [6, 6.07) is 0. The molecule has 10 heavy (non-hydrogen) atoms. The van der Waals surface area contributed by atoms with Crippen molar-refractivity contribution in [2.75, 3.05) is 13.2 Å². The Balaban J connectivity index is 2.09. The third-order valence-electron chi connectivity index (χ3n) is 2.55. The van der Waals surface area contributed by atoms with Crippen LogP contribution in [0.15, 0.2) is 0 Å². The van der Waals surface area contributed by atoms with Gasteiger partial charge in [-0.2, -0.15) is 0 Å². The summed E-state index contributed by atoms with van der Waals surface area (Å²) in [5.74, 6) is 1.21. The number of hydrogen-bond acceptors (Lipinski definition) is 2. The number of ether oxygens (including phenoxy) is 2. The molecule has 0 aliphatic carbocycles. The van der Waals surface area contributed by atoms with Crippen LogP contribution < -0.4 is 0 Å². The van der Waals surface area contributed by atoms with Gasteiger partial charge in [-0.1, -0.05) is 13.8 Å². The van der Waals surface area contributed by atoms with Crippen molar-refractivity contribution in [1.29, 1.82) is 0 Å². The van der Waals surface area contributed by atoms with E-state index in [1.807, 2.05) is 0 Å². The Morgan fingerprint density at radius 2 is 1.30 bits per heavy atom. The van der Waals surface area contributed by atoms with Gasteiger partial charge in [-0.15, -0.1) is 0 Å². The molecule has 2 aliphatic rings. The lowest BCUT2D eigenvalue weighted by atomic mass is 9.99. The van der Waals surface area contributed by atoms with Gasteiger partial charge in [0.25, 0.3) is 0 Å². The third kappa shape index (κ3) is 0.789. The lowest BCUT2D eigenvalue weighted by molar-refractivity contribution is 0.0627. The molecule has 2 fully saturated rings. The molecule has 0 N–H and O–H groups in total. The van der Waals surface area contributed by atoms with Crippen LogP contribution in [0.5, 0.6) is 0 Å². The van der Waals surface area contributed by atoms with Crippen LogP contribution in [-0.4, -0.2) is 25.4 Å². The van der Waals surface area contributed by atoms with Crippen LogP contribution in [-0.2, 0) is 9.47 Å². The average molecular weight is 142 g/mol. The fraction of sp³-hybridized carbons (Fsp3) is 1.00. The smallest absolute Gasteiger partial charge is 0.0887 e. The first kappa shape index (κ1) is 6.62. The van der Waals surface area contributed by atoms with E-state index in [0.29, 0.717) is 24.0 Å². The van der Waals surface area contributed by atoms with Gasteiger partial charge in [-0.3, -0.25) is 0 Å². The molecule has 2 saturated heterocycles. The molecule has 58 valence electrons. The minimum atomic E-state index is 0.398. The van der Waals surface area contributed by atoms with E-state index >= 15 is 0 Å². The molecule has 0 aromatic heterocycles. The van der Waals surface area contributed by atoms with E-state index in [4.69, 9.17) is 9.47 Å². The molecule has 0 aromatic carbocycles. The van der Waals surface area contributed by atoms with Crippen LogP contribution in [0.4, 0.5) is 0 Å². The summed E-state index contributed by atoms with van der Waals surface area (Å²) in [5, 5.41) is 0. The fourth-order valence-corrected chi connectivity index (χ4v) is 1.88. The molecule has 4 atom stereocenters. The maximum atomic E-state index is 5.58. The van der Waals surface area contributed by atoms with Gasteiger partial charge in [0.2, 0.25) is 0 Å². The zero-order valence-electron chi connectivity index (χ0n) is 6.54. The zero-order chi connectivity index (χ0) is 7.14. The van der Waals surface area contributed by atoms with Crippen molar-refractivity contribution in [3.8, 4) is 0 Å². The van der Waals surface area contributed by atoms with Gasteiger partial charge in [0.05, 0.1) is 25.4 Å². The Labute approximate surface area is 61.5 Å². The van der Waals surface area contributed by atoms with Crippen molar-refractivity contribution in [1.82, 2.24) is 0 Å². The fourth-order valence-electron chi connectivity index (χ4n) is 1.88. The maximum absolute atomic E-state index is 5.58. The van der Waals surface area contributed by atoms with E-state index in [9.17, 15) is 0 Å². The highest BCUT2D eigenvalue weighted by Crippen LogP contribution is 2.33. The highest BCUT2D eigenvalue weighted by Gasteiger charge is 2.43. The van der Waals surface area contributed by atoms with Crippen molar-refractivity contribution in [2.24, 2.45) is 11.8 Å². The summed E-state index contributed by atoms with van der Waals surface area (Å²) >= 11 is 0. The first-order chi connectivity index (χ1) is 4.79. The molecule has 2 aliphatic heterocycles. The van der Waals surface area contributed by atoms with Gasteiger partial charge in [-0.25, -0.2) is 0 Å². The lowest BCUT2D eigenvalue weighted by Crippen LogP contribution is -2.23. The predicted molar refractivity (Wildman–Crippen MR) is 37.8 cm³/mol. The lowest BCUT2D eigenvalue weighted by Gasteiger charge is -2.10. The second-order valence-electron chi connectivity index (χ2n) is 3.55. The molecular formula is C8H14O2. The molecule has 2 nitrogen and oxygen atoms in total. The van der Waals surface area contributed by atoms with Crippen LogP contribution in [0.3, 0.4) is 0 Å². The molecule has 3 unspecified atom stereocenters. The minimum Gasteiger partial charge on any atom is -0.375 e. The van der Waals surface area contributed by atoms with E-state index in [1.54, 1.807) is 0 Å². The summed E-state index contributed by atoms with van der Waals surface area (Å²) < 4.78 is 11.2. The van der Waals surface area contributed by atoms with Crippen LogP contribution in [0.2, 0.25) is 0 Å². The van der Waals surface area contributed by atoms with E-state index in [1.165, 1.54) is 0 Å². The van der Waals surface area contributed by atoms with Crippen LogP contribution in [0, 0.1) is 11.8 Å². The highest BCUT2D eigenvalue weighted by atomic mass is 16.6. The molecule has 0 radical (unpaired) electrons. The van der Waals surface area contributed by atoms with E-state index < -0.39 is 0 Å². The maximum Gasteiger partial charge on any atom is 0.0887 e. The van der Waals surface area contributed by atoms with Crippen molar-refractivity contribution >= 4 is 0 Å². The summed E-state index contributed by atoms with van der Waals surface area (Å²) in [5.41, 5.74) is 0. The van der Waals surface area contributed by atoms with Crippen molar-refractivity contribution in [3.63, 3.8) is 0 Å². The topological polar surface area (TPSA) is 18.5 Å². The molecule has 0 spiro atoms. The first-order valence-electron chi connectivity index (χ1n) is 4.02. The summed E-state index contributed by atoms with van der Waals surface area (Å²) in [4.78, 5) is 0. The second kappa shape index (κ2) is 2.21. The SMILES string of the molecule is CC1COC2C1OC[C@@H]2C. The van der Waals surface area contributed by atoms with Crippen LogP contribution >= 0.6 is 0 Å². The van der Waals surface area contributed by atoms with Crippen LogP contribution in [0.1, 0.15) is 13.8 Å². The molecule has 2 heteroatoms. The Hall–Kier alpha value is -0.0800. The van der Waals surface area contributed by atoms with Gasteiger partial charge in [0, 0.05) is 11.8 Å². The van der Waals surface area contributed by atoms with Gasteiger partial charge < -0.3 is 9.47 Å². The summed E-state index contributed by atoms with van der Waals surface area (Å²) in [6.45, 7) is 6.17. The van der Waals surface area contributed by atoms with Crippen molar-refractivity contribution < 1.29 is 9.47 Å². The molecular weight excluding hydrogens is 128 g/mol. The molecule has 0 saturated carbocycles. The van der Waals surface area contributed by atoms with Crippen molar-refractivity contribution in [2.45, 2.75) is 26.1 Å². The Bertz CT molecular complexity index is 119. The number of hydrogen-bond donors (Lipinski definition) is 0. The summed E-state index contributed by atoms with van der Waals surface area (Å²) in [7, 11) is 0.